The molecule has 0 saturated heterocycles. The molecule has 3 N–H and O–H groups in total. The van der Waals surface area contributed by atoms with Gasteiger partial charge in [0.1, 0.15) is 18.1 Å². The van der Waals surface area contributed by atoms with Crippen molar-refractivity contribution in [3.05, 3.63) is 53.7 Å². The first kappa shape index (κ1) is 22.6. The maximum Gasteiger partial charge on any atom is 0.284 e. The fourth-order valence-corrected chi connectivity index (χ4v) is 4.50. The molecule has 0 radical (unpaired) electrons. The highest BCUT2D eigenvalue weighted by atomic mass is 16.5. The van der Waals surface area contributed by atoms with Gasteiger partial charge >= 0.3 is 0 Å². The molecule has 2 amide bonds. The number of amides is 2. The molecular weight excluding hydrogens is 422 g/mol. The van der Waals surface area contributed by atoms with Crippen molar-refractivity contribution in [2.45, 2.75) is 44.6 Å². The Morgan fingerprint density at radius 1 is 1.27 bits per heavy atom. The number of aromatic nitrogens is 3. The summed E-state index contributed by atoms with van der Waals surface area (Å²) >= 11 is 0. The first-order chi connectivity index (χ1) is 16.0. The summed E-state index contributed by atoms with van der Waals surface area (Å²) in [5.74, 6) is -0.203. The fourth-order valence-electron chi connectivity index (χ4n) is 4.50. The molecule has 0 spiro atoms. The lowest BCUT2D eigenvalue weighted by molar-refractivity contribution is -0.123. The first-order valence-corrected chi connectivity index (χ1v) is 11.2. The van der Waals surface area contributed by atoms with Crippen LogP contribution in [0.15, 0.2) is 41.1 Å². The van der Waals surface area contributed by atoms with Crippen LogP contribution in [0.4, 0.5) is 0 Å². The molecule has 9 heteroatoms. The number of nitrogens with two attached hydrogens (primary N) is 1. The standard InChI is InChI=1S/C24H29N5O4/c1-26-24(31)21(15-6-4-3-5-7-15)18-12-20(33-22(18)23(25)30)19-9-8-17(13-27-19)32-14-16-10-11-29(2)28-16/h8-13,15,21H,3-7,14H2,1-2H3,(H2,25,30)(H,26,31)/t21-/m0/s1. The van der Waals surface area contributed by atoms with Crippen molar-refractivity contribution in [2.75, 3.05) is 7.05 Å². The molecule has 3 heterocycles. The minimum atomic E-state index is -0.698. The van der Waals surface area contributed by atoms with E-state index in [4.69, 9.17) is 14.9 Å². The van der Waals surface area contributed by atoms with E-state index in [0.717, 1.165) is 37.8 Å². The molecule has 3 aromatic heterocycles. The van der Waals surface area contributed by atoms with E-state index in [-0.39, 0.29) is 17.6 Å². The van der Waals surface area contributed by atoms with Crippen molar-refractivity contribution >= 4 is 11.8 Å². The second kappa shape index (κ2) is 9.89. The Morgan fingerprint density at radius 2 is 2.06 bits per heavy atom. The van der Waals surface area contributed by atoms with Gasteiger partial charge in [-0.15, -0.1) is 0 Å². The predicted octanol–water partition coefficient (Wildman–Crippen LogP) is 3.16. The quantitative estimate of drug-likeness (QED) is 0.542. The van der Waals surface area contributed by atoms with Crippen LogP contribution < -0.4 is 15.8 Å². The number of carbonyl (C=O) groups excluding carboxylic acids is 2. The lowest BCUT2D eigenvalue weighted by Crippen LogP contribution is -2.33. The van der Waals surface area contributed by atoms with Crippen LogP contribution in [0.5, 0.6) is 5.75 Å². The van der Waals surface area contributed by atoms with E-state index in [1.165, 1.54) is 0 Å². The number of pyridine rings is 1. The number of furan rings is 1. The molecule has 0 aliphatic heterocycles. The van der Waals surface area contributed by atoms with E-state index in [1.54, 1.807) is 36.1 Å². The van der Waals surface area contributed by atoms with Crippen LogP contribution in [0.2, 0.25) is 0 Å². The maximum absolute atomic E-state index is 12.8. The van der Waals surface area contributed by atoms with E-state index in [1.807, 2.05) is 19.3 Å². The summed E-state index contributed by atoms with van der Waals surface area (Å²) in [7, 11) is 3.45. The van der Waals surface area contributed by atoms with Gasteiger partial charge in [-0.25, -0.2) is 4.98 Å². The molecule has 0 unspecified atom stereocenters. The summed E-state index contributed by atoms with van der Waals surface area (Å²) in [4.78, 5) is 29.4. The van der Waals surface area contributed by atoms with Gasteiger partial charge < -0.3 is 20.2 Å². The predicted molar refractivity (Wildman–Crippen MR) is 121 cm³/mol. The zero-order chi connectivity index (χ0) is 23.4. The van der Waals surface area contributed by atoms with Crippen molar-refractivity contribution in [3.63, 3.8) is 0 Å². The number of ether oxygens (including phenoxy) is 1. The average molecular weight is 452 g/mol. The number of rotatable bonds is 8. The van der Waals surface area contributed by atoms with Crippen LogP contribution in [-0.2, 0) is 18.4 Å². The second-order valence-electron chi connectivity index (χ2n) is 8.40. The lowest BCUT2D eigenvalue weighted by Gasteiger charge is -2.28. The fraction of sp³-hybridized carbons (Fsp3) is 0.417. The van der Waals surface area contributed by atoms with Crippen molar-refractivity contribution in [3.8, 4) is 17.2 Å². The van der Waals surface area contributed by atoms with E-state index in [9.17, 15) is 9.59 Å². The summed E-state index contributed by atoms with van der Waals surface area (Å²) in [6, 6.07) is 7.13. The third-order valence-corrected chi connectivity index (χ3v) is 6.11. The SMILES string of the molecule is CNC(=O)[C@H](c1cc(-c2ccc(OCc3ccn(C)n3)cn2)oc1C(N)=O)C1CCCCC1. The van der Waals surface area contributed by atoms with Crippen LogP contribution in [0.3, 0.4) is 0 Å². The number of nitrogens with zero attached hydrogens (tertiary/aromatic N) is 3. The molecule has 9 nitrogen and oxygen atoms in total. The molecule has 3 aromatic rings. The average Bonchev–Trinajstić information content (AvgIpc) is 3.45. The second-order valence-corrected chi connectivity index (χ2v) is 8.40. The van der Waals surface area contributed by atoms with Crippen LogP contribution in [0.1, 0.15) is 59.8 Å². The Bertz CT molecular complexity index is 1110. The molecular formula is C24H29N5O4. The van der Waals surface area contributed by atoms with Gasteiger partial charge in [-0.05, 0) is 43.0 Å². The molecule has 4 rings (SSSR count). The van der Waals surface area contributed by atoms with Crippen LogP contribution in [0.25, 0.3) is 11.5 Å². The molecule has 1 fully saturated rings. The highest BCUT2D eigenvalue weighted by Crippen LogP contribution is 2.40. The Kier molecular flexibility index (Phi) is 6.76. The first-order valence-electron chi connectivity index (χ1n) is 11.2. The minimum absolute atomic E-state index is 0.0152. The Hall–Kier alpha value is -3.62. The van der Waals surface area contributed by atoms with Crippen molar-refractivity contribution in [1.29, 1.82) is 0 Å². The maximum atomic E-state index is 12.8. The Labute approximate surface area is 192 Å². The summed E-state index contributed by atoms with van der Waals surface area (Å²) < 4.78 is 13.3. The summed E-state index contributed by atoms with van der Waals surface area (Å²) in [5, 5.41) is 7.02. The normalized spacial score (nSPS) is 15.2. The molecule has 0 aromatic carbocycles. The van der Waals surface area contributed by atoms with Crippen molar-refractivity contribution in [2.24, 2.45) is 18.7 Å². The molecule has 1 aliphatic rings. The Morgan fingerprint density at radius 3 is 2.67 bits per heavy atom. The van der Waals surface area contributed by atoms with Crippen LogP contribution in [0, 0.1) is 5.92 Å². The van der Waals surface area contributed by atoms with Gasteiger partial charge in [-0.1, -0.05) is 19.3 Å². The van der Waals surface area contributed by atoms with Gasteiger partial charge in [0.25, 0.3) is 5.91 Å². The number of aryl methyl sites for hydroxylation is 1. The van der Waals surface area contributed by atoms with Crippen LogP contribution in [-0.4, -0.2) is 33.6 Å². The smallest absolute Gasteiger partial charge is 0.284 e. The monoisotopic (exact) mass is 451 g/mol. The van der Waals surface area contributed by atoms with E-state index < -0.39 is 11.8 Å². The zero-order valence-corrected chi connectivity index (χ0v) is 18.9. The number of hydrogen-bond acceptors (Lipinski definition) is 6. The number of primary amides is 1. The van der Waals surface area contributed by atoms with Gasteiger partial charge in [-0.2, -0.15) is 5.10 Å². The number of nitrogens with one attached hydrogen (secondary N) is 1. The molecule has 174 valence electrons. The van der Waals surface area contributed by atoms with Gasteiger partial charge in [0.05, 0.1) is 17.8 Å². The van der Waals surface area contributed by atoms with Crippen molar-refractivity contribution in [1.82, 2.24) is 20.1 Å². The highest BCUT2D eigenvalue weighted by Gasteiger charge is 2.35. The van der Waals surface area contributed by atoms with Gasteiger partial charge in [0.2, 0.25) is 5.91 Å². The van der Waals surface area contributed by atoms with Crippen molar-refractivity contribution < 1.29 is 18.7 Å². The van der Waals surface area contributed by atoms with Gasteiger partial charge in [0.15, 0.2) is 11.5 Å². The summed E-state index contributed by atoms with van der Waals surface area (Å²) in [5.41, 5.74) is 7.48. The molecule has 0 bridgehead atoms. The number of likely N-dealkylation sites (N-methyl/N-ethyl adjacent to an activating group) is 1. The molecule has 1 aliphatic carbocycles. The largest absolute Gasteiger partial charge is 0.486 e. The summed E-state index contributed by atoms with van der Waals surface area (Å²) in [6.45, 7) is 0.327. The topological polar surface area (TPSA) is 125 Å². The summed E-state index contributed by atoms with van der Waals surface area (Å²) in [6.07, 6.45) is 8.59. The lowest BCUT2D eigenvalue weighted by atomic mass is 9.76. The Balaban J connectivity index is 1.58. The van der Waals surface area contributed by atoms with E-state index in [0.29, 0.717) is 29.4 Å². The molecule has 1 atom stereocenters. The van der Waals surface area contributed by atoms with Gasteiger partial charge in [0, 0.05) is 25.9 Å². The third-order valence-electron chi connectivity index (χ3n) is 6.11. The molecule has 33 heavy (non-hydrogen) atoms. The van der Waals surface area contributed by atoms with Crippen LogP contribution >= 0.6 is 0 Å². The molecule has 1 saturated carbocycles. The minimum Gasteiger partial charge on any atom is -0.486 e. The zero-order valence-electron chi connectivity index (χ0n) is 18.9. The number of hydrogen-bond donors (Lipinski definition) is 2. The van der Waals surface area contributed by atoms with E-state index >= 15 is 0 Å². The highest BCUT2D eigenvalue weighted by molar-refractivity contribution is 5.95. The number of carbonyl (C=O) groups is 2. The van der Waals surface area contributed by atoms with Gasteiger partial charge in [-0.3, -0.25) is 14.3 Å². The third kappa shape index (κ3) is 5.08. The van der Waals surface area contributed by atoms with E-state index in [2.05, 4.69) is 15.4 Å².